The van der Waals surface area contributed by atoms with E-state index in [1.54, 1.807) is 18.2 Å². The standard InChI is InChI=1S/C11H9Br2ClN4O2S/c12-6-1-2-9(8(14)3-6)18-21(19,20)10-4-7(13)5-16-11(10)17-15/h1-5,18H,15H2,(H,16,17). The summed E-state index contributed by atoms with van der Waals surface area (Å²) in [6.45, 7) is 0. The van der Waals surface area contributed by atoms with Crippen LogP contribution in [0.15, 0.2) is 44.3 Å². The number of nitrogen functional groups attached to an aromatic ring is 1. The first kappa shape index (κ1) is 16.5. The van der Waals surface area contributed by atoms with E-state index in [0.29, 0.717) is 4.47 Å². The van der Waals surface area contributed by atoms with E-state index in [0.717, 1.165) is 4.47 Å². The predicted octanol–water partition coefficient (Wildman–Crippen LogP) is 3.35. The molecule has 1 heterocycles. The maximum atomic E-state index is 12.4. The molecule has 0 fully saturated rings. The van der Waals surface area contributed by atoms with Crippen LogP contribution in [0.4, 0.5) is 11.5 Å². The number of nitrogens with two attached hydrogens (primary N) is 1. The smallest absolute Gasteiger partial charge is 0.265 e. The summed E-state index contributed by atoms with van der Waals surface area (Å²) in [4.78, 5) is 3.80. The molecule has 0 atom stereocenters. The molecular weight excluding hydrogens is 447 g/mol. The summed E-state index contributed by atoms with van der Waals surface area (Å²) in [5.74, 6) is 5.32. The molecule has 21 heavy (non-hydrogen) atoms. The van der Waals surface area contributed by atoms with Gasteiger partial charge in [-0.25, -0.2) is 19.2 Å². The lowest BCUT2D eigenvalue weighted by Gasteiger charge is -2.12. The lowest BCUT2D eigenvalue weighted by Crippen LogP contribution is -2.18. The molecule has 112 valence electrons. The molecule has 0 aliphatic heterocycles. The van der Waals surface area contributed by atoms with Crippen molar-refractivity contribution in [2.24, 2.45) is 5.84 Å². The Hall–Kier alpha value is -0.870. The van der Waals surface area contributed by atoms with Gasteiger partial charge >= 0.3 is 0 Å². The van der Waals surface area contributed by atoms with Crippen LogP contribution >= 0.6 is 43.5 Å². The van der Waals surface area contributed by atoms with Gasteiger partial charge in [-0.1, -0.05) is 27.5 Å². The van der Waals surface area contributed by atoms with Gasteiger partial charge < -0.3 is 5.43 Å². The summed E-state index contributed by atoms with van der Waals surface area (Å²) in [5.41, 5.74) is 2.50. The van der Waals surface area contributed by atoms with Crippen molar-refractivity contribution < 1.29 is 8.42 Å². The molecule has 0 saturated heterocycles. The molecule has 1 aromatic heterocycles. The molecule has 0 radical (unpaired) electrons. The highest BCUT2D eigenvalue weighted by Crippen LogP contribution is 2.29. The van der Waals surface area contributed by atoms with Crippen molar-refractivity contribution in [1.82, 2.24) is 4.98 Å². The molecule has 0 spiro atoms. The van der Waals surface area contributed by atoms with Gasteiger partial charge in [0.1, 0.15) is 4.90 Å². The molecule has 6 nitrogen and oxygen atoms in total. The summed E-state index contributed by atoms with van der Waals surface area (Å²) in [6, 6.07) is 6.19. The van der Waals surface area contributed by atoms with Crippen molar-refractivity contribution in [3.05, 3.63) is 44.4 Å². The summed E-state index contributed by atoms with van der Waals surface area (Å²) in [6.07, 6.45) is 1.43. The third kappa shape index (κ3) is 3.86. The fraction of sp³-hybridized carbons (Fsp3) is 0. The number of hydrogen-bond donors (Lipinski definition) is 3. The molecule has 10 heteroatoms. The number of hydrogen-bond acceptors (Lipinski definition) is 5. The minimum Gasteiger partial charge on any atom is -0.307 e. The van der Waals surface area contributed by atoms with Gasteiger partial charge in [0.15, 0.2) is 5.82 Å². The monoisotopic (exact) mass is 454 g/mol. The highest BCUT2D eigenvalue weighted by Gasteiger charge is 2.21. The molecule has 0 bridgehead atoms. The van der Waals surface area contributed by atoms with Gasteiger partial charge in [0.25, 0.3) is 10.0 Å². The number of rotatable bonds is 4. The van der Waals surface area contributed by atoms with Gasteiger partial charge in [0.05, 0.1) is 10.7 Å². The fourth-order valence-electron chi connectivity index (χ4n) is 1.51. The summed E-state index contributed by atoms with van der Waals surface area (Å²) in [7, 11) is -3.90. The lowest BCUT2D eigenvalue weighted by molar-refractivity contribution is 0.601. The minimum absolute atomic E-state index is 0.0268. The molecule has 0 amide bonds. The number of nitrogens with zero attached hydrogens (tertiary/aromatic N) is 1. The average molecular weight is 457 g/mol. The molecule has 2 rings (SSSR count). The van der Waals surface area contributed by atoms with E-state index in [4.69, 9.17) is 17.4 Å². The second-order valence-electron chi connectivity index (χ2n) is 3.87. The van der Waals surface area contributed by atoms with E-state index in [9.17, 15) is 8.42 Å². The van der Waals surface area contributed by atoms with Gasteiger partial charge in [-0.3, -0.25) is 4.72 Å². The SMILES string of the molecule is NNc1ncc(Br)cc1S(=O)(=O)Nc1ccc(Br)cc1Cl. The van der Waals surface area contributed by atoms with E-state index in [1.165, 1.54) is 12.3 Å². The van der Waals surface area contributed by atoms with Crippen molar-refractivity contribution in [3.8, 4) is 0 Å². The number of halogens is 3. The van der Waals surface area contributed by atoms with E-state index >= 15 is 0 Å². The first-order chi connectivity index (χ1) is 9.83. The summed E-state index contributed by atoms with van der Waals surface area (Å²) >= 11 is 12.4. The van der Waals surface area contributed by atoms with Crippen LogP contribution in [0.25, 0.3) is 0 Å². The summed E-state index contributed by atoms with van der Waals surface area (Å²) in [5, 5.41) is 0.262. The maximum Gasteiger partial charge on any atom is 0.265 e. The first-order valence-electron chi connectivity index (χ1n) is 5.43. The molecule has 2 aromatic rings. The lowest BCUT2D eigenvalue weighted by atomic mass is 10.3. The van der Waals surface area contributed by atoms with Crippen LogP contribution in [0.5, 0.6) is 0 Å². The van der Waals surface area contributed by atoms with Crippen molar-refractivity contribution in [2.75, 3.05) is 10.1 Å². The number of hydrazine groups is 1. The van der Waals surface area contributed by atoms with Crippen molar-refractivity contribution in [3.63, 3.8) is 0 Å². The number of anilines is 2. The van der Waals surface area contributed by atoms with E-state index < -0.39 is 10.0 Å². The van der Waals surface area contributed by atoms with Gasteiger partial charge in [0.2, 0.25) is 0 Å². The van der Waals surface area contributed by atoms with E-state index in [-0.39, 0.29) is 21.4 Å². The molecule has 0 aliphatic rings. The average Bonchev–Trinajstić information content (AvgIpc) is 2.42. The molecule has 4 N–H and O–H groups in total. The third-order valence-corrected chi connectivity index (χ3v) is 5.04. The van der Waals surface area contributed by atoms with Crippen molar-refractivity contribution in [1.29, 1.82) is 0 Å². The Morgan fingerprint density at radius 3 is 2.52 bits per heavy atom. The molecule has 0 unspecified atom stereocenters. The predicted molar refractivity (Wildman–Crippen MR) is 89.7 cm³/mol. The Morgan fingerprint density at radius 2 is 1.90 bits per heavy atom. The molecule has 0 aliphatic carbocycles. The Kier molecular flexibility index (Phi) is 5.10. The fourth-order valence-corrected chi connectivity index (χ4v) is 3.99. The number of pyridine rings is 1. The van der Waals surface area contributed by atoms with Crippen LogP contribution in [-0.4, -0.2) is 13.4 Å². The summed E-state index contributed by atoms with van der Waals surface area (Å²) < 4.78 is 28.5. The van der Waals surface area contributed by atoms with Crippen LogP contribution in [0.2, 0.25) is 5.02 Å². The number of aromatic nitrogens is 1. The van der Waals surface area contributed by atoms with Crippen LogP contribution in [0, 0.1) is 0 Å². The Labute approximate surface area is 143 Å². The highest BCUT2D eigenvalue weighted by molar-refractivity contribution is 9.10. The topological polar surface area (TPSA) is 97.1 Å². The van der Waals surface area contributed by atoms with Crippen LogP contribution in [0.3, 0.4) is 0 Å². The van der Waals surface area contributed by atoms with Crippen LogP contribution in [0.1, 0.15) is 0 Å². The molecular formula is C11H9Br2ClN4O2S. The van der Waals surface area contributed by atoms with Crippen LogP contribution in [-0.2, 0) is 10.0 Å². The zero-order valence-corrected chi connectivity index (χ0v) is 15.0. The number of nitrogens with one attached hydrogen (secondary N) is 2. The second-order valence-corrected chi connectivity index (χ2v) is 7.76. The molecule has 0 saturated carbocycles. The maximum absolute atomic E-state index is 12.4. The highest BCUT2D eigenvalue weighted by atomic mass is 79.9. The molecule has 1 aromatic carbocycles. The Balaban J connectivity index is 2.45. The Bertz CT molecular complexity index is 786. The van der Waals surface area contributed by atoms with E-state index in [2.05, 4.69) is 47.0 Å². The Morgan fingerprint density at radius 1 is 1.19 bits per heavy atom. The van der Waals surface area contributed by atoms with Crippen LogP contribution < -0.4 is 16.0 Å². The quantitative estimate of drug-likeness (QED) is 0.484. The number of sulfonamides is 1. The number of benzene rings is 1. The first-order valence-corrected chi connectivity index (χ1v) is 8.88. The van der Waals surface area contributed by atoms with Crippen molar-refractivity contribution in [2.45, 2.75) is 4.90 Å². The second kappa shape index (κ2) is 6.49. The van der Waals surface area contributed by atoms with Crippen molar-refractivity contribution >= 4 is 65.0 Å². The zero-order valence-electron chi connectivity index (χ0n) is 10.3. The zero-order chi connectivity index (χ0) is 15.6. The minimum atomic E-state index is -3.90. The van der Waals surface area contributed by atoms with Gasteiger partial charge in [-0.2, -0.15) is 0 Å². The third-order valence-electron chi connectivity index (χ3n) is 2.42. The van der Waals surface area contributed by atoms with E-state index in [1.807, 2.05) is 0 Å². The van der Waals surface area contributed by atoms with Gasteiger partial charge in [-0.05, 0) is 40.2 Å². The normalized spacial score (nSPS) is 11.2. The van der Waals surface area contributed by atoms with Gasteiger partial charge in [0, 0.05) is 15.1 Å². The largest absolute Gasteiger partial charge is 0.307 e. The van der Waals surface area contributed by atoms with Gasteiger partial charge in [-0.15, -0.1) is 0 Å².